The first-order valence-electron chi connectivity index (χ1n) is 6.35. The highest BCUT2D eigenvalue weighted by Crippen LogP contribution is 2.12. The number of hydrogen-bond donors (Lipinski definition) is 2. The number of hydrogen-bond acceptors (Lipinski definition) is 3. The van der Waals surface area contributed by atoms with Gasteiger partial charge in [-0.15, -0.1) is 0 Å². The molecule has 0 aromatic heterocycles. The molecule has 0 radical (unpaired) electrons. The first-order valence-corrected chi connectivity index (χ1v) is 6.35. The summed E-state index contributed by atoms with van der Waals surface area (Å²) >= 11 is 0. The van der Waals surface area contributed by atoms with Crippen LogP contribution in [0.4, 0.5) is 13.2 Å². The molecule has 7 heteroatoms. The zero-order valence-corrected chi connectivity index (χ0v) is 11.8. The number of carbonyl (C=O) groups is 1. The van der Waals surface area contributed by atoms with Crippen molar-refractivity contribution in [3.8, 4) is 0 Å². The van der Waals surface area contributed by atoms with Crippen molar-refractivity contribution in [3.05, 3.63) is 0 Å². The molecule has 0 saturated carbocycles. The molecule has 2 unspecified atom stereocenters. The Bertz CT molecular complexity index is 270. The van der Waals surface area contributed by atoms with Gasteiger partial charge in [-0.3, -0.25) is 4.79 Å². The fourth-order valence-corrected chi connectivity index (χ4v) is 1.42. The quantitative estimate of drug-likeness (QED) is 0.713. The third kappa shape index (κ3) is 8.83. The maximum Gasteiger partial charge on any atom is 0.405 e. The molecule has 0 aliphatic rings. The Hall–Kier alpha value is -0.820. The van der Waals surface area contributed by atoms with E-state index in [0.29, 0.717) is 13.2 Å². The van der Waals surface area contributed by atoms with Crippen molar-refractivity contribution in [1.29, 1.82) is 0 Å². The van der Waals surface area contributed by atoms with E-state index in [1.165, 1.54) is 6.92 Å². The molecule has 0 rings (SSSR count). The summed E-state index contributed by atoms with van der Waals surface area (Å²) in [5.74, 6) is -0.455. The Kier molecular flexibility index (Phi) is 8.01. The zero-order chi connectivity index (χ0) is 15.1. The van der Waals surface area contributed by atoms with Crippen LogP contribution in [0.2, 0.25) is 0 Å². The van der Waals surface area contributed by atoms with Crippen molar-refractivity contribution >= 4 is 5.91 Å². The predicted octanol–water partition coefficient (Wildman–Crippen LogP) is 1.70. The number of alkyl halides is 3. The van der Waals surface area contributed by atoms with Gasteiger partial charge in [-0.25, -0.2) is 0 Å². The smallest absolute Gasteiger partial charge is 0.380 e. The zero-order valence-electron chi connectivity index (χ0n) is 11.8. The Morgan fingerprint density at radius 3 is 2.26 bits per heavy atom. The lowest BCUT2D eigenvalue weighted by atomic mass is 10.0. The molecule has 2 atom stereocenters. The van der Waals surface area contributed by atoms with Crippen LogP contribution < -0.4 is 10.6 Å². The number of amides is 1. The van der Waals surface area contributed by atoms with Gasteiger partial charge in [-0.2, -0.15) is 13.2 Å². The molecule has 19 heavy (non-hydrogen) atoms. The van der Waals surface area contributed by atoms with E-state index in [-0.39, 0.29) is 12.0 Å². The molecule has 0 spiro atoms. The van der Waals surface area contributed by atoms with Crippen LogP contribution in [-0.4, -0.2) is 43.9 Å². The SMILES string of the molecule is CCOCC(NC(C)C(=O)NCC(F)(F)F)C(C)C. The van der Waals surface area contributed by atoms with Crippen LogP contribution in [0.15, 0.2) is 0 Å². The molecular formula is C12H23F3N2O2. The molecule has 0 heterocycles. The summed E-state index contributed by atoms with van der Waals surface area (Å²) in [5.41, 5.74) is 0. The van der Waals surface area contributed by atoms with E-state index in [9.17, 15) is 18.0 Å². The lowest BCUT2D eigenvalue weighted by Crippen LogP contribution is -2.51. The first-order chi connectivity index (χ1) is 8.67. The molecule has 0 aromatic carbocycles. The average Bonchev–Trinajstić information content (AvgIpc) is 2.29. The van der Waals surface area contributed by atoms with Crippen molar-refractivity contribution in [3.63, 3.8) is 0 Å². The topological polar surface area (TPSA) is 50.4 Å². The van der Waals surface area contributed by atoms with Gasteiger partial charge in [0, 0.05) is 12.6 Å². The normalized spacial score (nSPS) is 15.4. The number of ether oxygens (including phenoxy) is 1. The van der Waals surface area contributed by atoms with E-state index in [0.717, 1.165) is 0 Å². The van der Waals surface area contributed by atoms with Crippen LogP contribution in [0.5, 0.6) is 0 Å². The summed E-state index contributed by atoms with van der Waals surface area (Å²) in [5, 5.41) is 4.84. The monoisotopic (exact) mass is 284 g/mol. The van der Waals surface area contributed by atoms with Gasteiger partial charge in [0.25, 0.3) is 0 Å². The second kappa shape index (κ2) is 8.37. The molecule has 0 saturated heterocycles. The van der Waals surface area contributed by atoms with Crippen LogP contribution >= 0.6 is 0 Å². The summed E-state index contributed by atoms with van der Waals surface area (Å²) in [7, 11) is 0. The van der Waals surface area contributed by atoms with Gasteiger partial charge in [0.2, 0.25) is 5.91 Å². The molecule has 1 amide bonds. The molecular weight excluding hydrogens is 261 g/mol. The van der Waals surface area contributed by atoms with Gasteiger partial charge in [0.05, 0.1) is 12.6 Å². The summed E-state index contributed by atoms with van der Waals surface area (Å²) in [6, 6.07) is -0.776. The minimum Gasteiger partial charge on any atom is -0.380 e. The van der Waals surface area contributed by atoms with Gasteiger partial charge >= 0.3 is 6.18 Å². The van der Waals surface area contributed by atoms with E-state index >= 15 is 0 Å². The second-order valence-corrected chi connectivity index (χ2v) is 4.73. The van der Waals surface area contributed by atoms with Crippen LogP contribution in [-0.2, 0) is 9.53 Å². The van der Waals surface area contributed by atoms with E-state index in [1.54, 1.807) is 0 Å². The maximum atomic E-state index is 12.0. The van der Waals surface area contributed by atoms with E-state index in [4.69, 9.17) is 4.74 Å². The average molecular weight is 284 g/mol. The molecule has 4 nitrogen and oxygen atoms in total. The lowest BCUT2D eigenvalue weighted by molar-refractivity contribution is -0.139. The summed E-state index contributed by atoms with van der Waals surface area (Å²) in [6.45, 7) is 6.97. The maximum absolute atomic E-state index is 12.0. The molecule has 0 fully saturated rings. The van der Waals surface area contributed by atoms with Crippen molar-refractivity contribution in [1.82, 2.24) is 10.6 Å². The van der Waals surface area contributed by atoms with Crippen LogP contribution in [0.25, 0.3) is 0 Å². The highest BCUT2D eigenvalue weighted by Gasteiger charge is 2.29. The van der Waals surface area contributed by atoms with Gasteiger partial charge in [-0.1, -0.05) is 13.8 Å². The standard InChI is InChI=1S/C12H23F3N2O2/c1-5-19-6-10(8(2)3)17-9(4)11(18)16-7-12(13,14)15/h8-10,17H,5-7H2,1-4H3,(H,16,18). The largest absolute Gasteiger partial charge is 0.405 e. The van der Waals surface area contributed by atoms with Gasteiger partial charge in [0.1, 0.15) is 6.54 Å². The number of carbonyl (C=O) groups excluding carboxylic acids is 1. The van der Waals surface area contributed by atoms with Crippen LogP contribution in [0, 0.1) is 5.92 Å². The fraction of sp³-hybridized carbons (Fsp3) is 0.917. The lowest BCUT2D eigenvalue weighted by Gasteiger charge is -2.25. The van der Waals surface area contributed by atoms with Gasteiger partial charge in [0.15, 0.2) is 0 Å². The van der Waals surface area contributed by atoms with Crippen molar-refractivity contribution in [2.45, 2.75) is 46.0 Å². The fourth-order valence-electron chi connectivity index (χ4n) is 1.42. The molecule has 0 aliphatic carbocycles. The Morgan fingerprint density at radius 2 is 1.84 bits per heavy atom. The predicted molar refractivity (Wildman–Crippen MR) is 66.8 cm³/mol. The Labute approximate surface area is 112 Å². The van der Waals surface area contributed by atoms with Crippen molar-refractivity contribution in [2.24, 2.45) is 5.92 Å². The van der Waals surface area contributed by atoms with E-state index in [1.807, 2.05) is 26.1 Å². The van der Waals surface area contributed by atoms with E-state index < -0.39 is 24.7 Å². The third-order valence-electron chi connectivity index (χ3n) is 2.63. The minimum atomic E-state index is -4.39. The summed E-state index contributed by atoms with van der Waals surface area (Å²) in [4.78, 5) is 11.5. The van der Waals surface area contributed by atoms with Gasteiger partial charge < -0.3 is 15.4 Å². The second-order valence-electron chi connectivity index (χ2n) is 4.73. The molecule has 0 bridgehead atoms. The number of nitrogens with one attached hydrogen (secondary N) is 2. The molecule has 0 aliphatic heterocycles. The van der Waals surface area contributed by atoms with E-state index in [2.05, 4.69) is 5.32 Å². The minimum absolute atomic E-state index is 0.0772. The van der Waals surface area contributed by atoms with Crippen molar-refractivity contribution < 1.29 is 22.7 Å². The Morgan fingerprint density at radius 1 is 1.26 bits per heavy atom. The van der Waals surface area contributed by atoms with Crippen LogP contribution in [0.3, 0.4) is 0 Å². The summed E-state index contributed by atoms with van der Waals surface area (Å²) in [6.07, 6.45) is -4.39. The highest BCUT2D eigenvalue weighted by atomic mass is 19.4. The molecule has 0 aromatic rings. The summed E-state index contributed by atoms with van der Waals surface area (Å²) < 4.78 is 41.2. The molecule has 114 valence electrons. The highest BCUT2D eigenvalue weighted by molar-refractivity contribution is 5.81. The third-order valence-corrected chi connectivity index (χ3v) is 2.63. The van der Waals surface area contributed by atoms with Crippen molar-refractivity contribution in [2.75, 3.05) is 19.8 Å². The Balaban J connectivity index is 4.23. The van der Waals surface area contributed by atoms with Crippen LogP contribution in [0.1, 0.15) is 27.7 Å². The van der Waals surface area contributed by atoms with Gasteiger partial charge in [-0.05, 0) is 19.8 Å². The molecule has 2 N–H and O–H groups in total. The first kappa shape index (κ1) is 18.2. The number of rotatable bonds is 8. The number of halogens is 3.